The van der Waals surface area contributed by atoms with Crippen LogP contribution in [0.3, 0.4) is 0 Å². The summed E-state index contributed by atoms with van der Waals surface area (Å²) in [7, 11) is 0. The molecule has 3 aliphatic rings. The predicted molar refractivity (Wildman–Crippen MR) is 130 cm³/mol. The van der Waals surface area contributed by atoms with Gasteiger partial charge in [-0.3, -0.25) is 4.79 Å². The van der Waals surface area contributed by atoms with Gasteiger partial charge >= 0.3 is 0 Å². The Balaban J connectivity index is 1.23. The molecule has 2 fully saturated rings. The summed E-state index contributed by atoms with van der Waals surface area (Å²) < 4.78 is 62.2. The molecule has 6 rings (SSSR count). The number of pyridine rings is 1. The average molecular weight is 547 g/mol. The molecule has 206 valence electrons. The molecule has 5 atom stereocenters. The SMILES string of the molecule is O=C(CO)NC1CC=C(c2cc(F)c(-c3nc4nc(O[C@@H]5CO[C@H]6[C@@H]5OC[C@H]6O)[nH]c4cc3F)c(F)c2)CC1. The van der Waals surface area contributed by atoms with Gasteiger partial charge in [-0.25, -0.2) is 18.2 Å². The number of hydrogen-bond donors (Lipinski definition) is 4. The van der Waals surface area contributed by atoms with E-state index in [2.05, 4.69) is 20.3 Å². The first kappa shape index (κ1) is 25.7. The van der Waals surface area contributed by atoms with Crippen LogP contribution < -0.4 is 10.1 Å². The van der Waals surface area contributed by atoms with Crippen molar-refractivity contribution in [3.05, 3.63) is 47.3 Å². The van der Waals surface area contributed by atoms with E-state index in [1.807, 2.05) is 0 Å². The standard InChI is InChI=1S/C26H25F3N4O6/c27-14-5-12(11-1-3-13(4-2-11)30-20(36)8-34)6-15(28)21(14)22-16(29)7-17-25(32-22)33-26(31-17)39-19-10-38-23-18(35)9-37-24(19)23/h1,5-7,13,18-19,23-24,34-35H,2-4,8-10H2,(H,30,36)(H,31,32,33)/t13?,18-,19-,23-,24-/m1/s1. The number of rotatable bonds is 6. The third kappa shape index (κ3) is 4.86. The summed E-state index contributed by atoms with van der Waals surface area (Å²) in [6.45, 7) is -0.320. The van der Waals surface area contributed by atoms with E-state index in [-0.39, 0.29) is 36.4 Å². The fraction of sp³-hybridized carbons (Fsp3) is 0.423. The van der Waals surface area contributed by atoms with Gasteiger partial charge in [0.2, 0.25) is 5.91 Å². The van der Waals surface area contributed by atoms with Crippen molar-refractivity contribution in [2.75, 3.05) is 19.8 Å². The summed E-state index contributed by atoms with van der Waals surface area (Å²) >= 11 is 0. The minimum absolute atomic E-state index is 0.00178. The maximum atomic E-state index is 15.2. The Labute approximate surface area is 219 Å². The molecular weight excluding hydrogens is 521 g/mol. The number of halogens is 3. The molecule has 2 saturated heterocycles. The van der Waals surface area contributed by atoms with Gasteiger partial charge in [0, 0.05) is 12.1 Å². The van der Waals surface area contributed by atoms with Crippen LogP contribution in [-0.4, -0.2) is 81.4 Å². The topological polar surface area (TPSA) is 139 Å². The summed E-state index contributed by atoms with van der Waals surface area (Å²) in [5.74, 6) is -3.39. The second-order valence-electron chi connectivity index (χ2n) is 9.79. The average Bonchev–Trinajstić information content (AvgIpc) is 3.60. The van der Waals surface area contributed by atoms with Crippen molar-refractivity contribution in [1.82, 2.24) is 20.3 Å². The number of nitrogens with zero attached hydrogens (tertiary/aromatic N) is 2. The molecule has 0 spiro atoms. The normalized spacial score (nSPS) is 26.5. The summed E-state index contributed by atoms with van der Waals surface area (Å²) in [6.07, 6.45) is 0.928. The van der Waals surface area contributed by atoms with Crippen LogP contribution in [0.4, 0.5) is 13.2 Å². The highest BCUT2D eigenvalue weighted by Crippen LogP contribution is 2.35. The molecular formula is C26H25F3N4O6. The summed E-state index contributed by atoms with van der Waals surface area (Å²) in [6, 6.07) is 3.14. The first-order valence-corrected chi connectivity index (χ1v) is 12.5. The van der Waals surface area contributed by atoms with E-state index >= 15 is 13.2 Å². The molecule has 13 heteroatoms. The molecule has 1 aromatic carbocycles. The lowest BCUT2D eigenvalue weighted by Crippen LogP contribution is -2.37. The minimum atomic E-state index is -0.981. The monoisotopic (exact) mass is 546 g/mol. The van der Waals surface area contributed by atoms with Gasteiger partial charge in [-0.05, 0) is 42.5 Å². The molecule has 2 aliphatic heterocycles. The van der Waals surface area contributed by atoms with Crippen LogP contribution in [0.25, 0.3) is 28.0 Å². The zero-order valence-electron chi connectivity index (χ0n) is 20.5. The summed E-state index contributed by atoms with van der Waals surface area (Å²) in [5.41, 5.74) is 0.0315. The van der Waals surface area contributed by atoms with E-state index in [1.54, 1.807) is 6.08 Å². The highest BCUT2D eigenvalue weighted by Gasteiger charge is 2.48. The second-order valence-corrected chi connectivity index (χ2v) is 9.79. The van der Waals surface area contributed by atoms with Crippen molar-refractivity contribution < 1.29 is 42.4 Å². The van der Waals surface area contributed by atoms with Gasteiger partial charge < -0.3 is 34.7 Å². The number of aromatic nitrogens is 3. The van der Waals surface area contributed by atoms with E-state index in [1.165, 1.54) is 0 Å². The van der Waals surface area contributed by atoms with Crippen molar-refractivity contribution in [3.63, 3.8) is 0 Å². The first-order chi connectivity index (χ1) is 18.8. The van der Waals surface area contributed by atoms with Gasteiger partial charge in [0.05, 0.1) is 24.3 Å². The number of aliphatic hydroxyl groups is 2. The van der Waals surface area contributed by atoms with E-state index in [0.717, 1.165) is 18.2 Å². The van der Waals surface area contributed by atoms with Crippen molar-refractivity contribution >= 4 is 22.6 Å². The number of allylic oxidation sites excluding steroid dienone is 1. The molecule has 0 saturated carbocycles. The number of imidazole rings is 1. The summed E-state index contributed by atoms with van der Waals surface area (Å²) in [4.78, 5) is 22.4. The molecule has 2 aromatic heterocycles. The van der Waals surface area contributed by atoms with E-state index in [0.29, 0.717) is 30.4 Å². The third-order valence-corrected chi connectivity index (χ3v) is 7.22. The highest BCUT2D eigenvalue weighted by molar-refractivity contribution is 5.79. The number of nitrogens with one attached hydrogen (secondary N) is 2. The number of fused-ring (bicyclic) bond motifs is 2. The number of amides is 1. The zero-order valence-corrected chi connectivity index (χ0v) is 20.5. The molecule has 39 heavy (non-hydrogen) atoms. The number of carbonyl (C=O) groups is 1. The fourth-order valence-electron chi connectivity index (χ4n) is 5.30. The molecule has 1 aliphatic carbocycles. The largest absolute Gasteiger partial charge is 0.456 e. The Bertz CT molecular complexity index is 1440. The van der Waals surface area contributed by atoms with Crippen LogP contribution in [-0.2, 0) is 14.3 Å². The quantitative estimate of drug-likeness (QED) is 0.368. The van der Waals surface area contributed by atoms with Gasteiger partial charge in [0.1, 0.15) is 42.2 Å². The summed E-state index contributed by atoms with van der Waals surface area (Å²) in [5, 5.41) is 21.4. The van der Waals surface area contributed by atoms with Gasteiger partial charge in [-0.2, -0.15) is 4.98 Å². The number of carbonyl (C=O) groups excluding carboxylic acids is 1. The van der Waals surface area contributed by atoms with Crippen LogP contribution in [0.2, 0.25) is 0 Å². The highest BCUT2D eigenvalue weighted by atomic mass is 19.1. The molecule has 1 unspecified atom stereocenters. The van der Waals surface area contributed by atoms with Crippen LogP contribution in [0.15, 0.2) is 24.3 Å². The number of benzene rings is 1. The van der Waals surface area contributed by atoms with Gasteiger partial charge in [0.25, 0.3) is 6.01 Å². The zero-order chi connectivity index (χ0) is 27.3. The maximum absolute atomic E-state index is 15.2. The first-order valence-electron chi connectivity index (χ1n) is 12.5. The Morgan fingerprint density at radius 2 is 1.87 bits per heavy atom. The predicted octanol–water partition coefficient (Wildman–Crippen LogP) is 1.99. The van der Waals surface area contributed by atoms with Gasteiger partial charge in [-0.1, -0.05) is 6.08 Å². The molecule has 0 radical (unpaired) electrons. The Kier molecular flexibility index (Phi) is 6.75. The molecule has 0 bridgehead atoms. The number of aromatic amines is 1. The second kappa shape index (κ2) is 10.2. The number of ether oxygens (including phenoxy) is 3. The van der Waals surface area contributed by atoms with Gasteiger partial charge in [-0.15, -0.1) is 0 Å². The van der Waals surface area contributed by atoms with Crippen molar-refractivity contribution in [3.8, 4) is 17.3 Å². The molecule has 3 aromatic rings. The van der Waals surface area contributed by atoms with Crippen molar-refractivity contribution in [1.29, 1.82) is 0 Å². The Morgan fingerprint density at radius 3 is 2.59 bits per heavy atom. The minimum Gasteiger partial charge on any atom is -0.456 e. The molecule has 1 amide bonds. The van der Waals surface area contributed by atoms with Gasteiger partial charge in [0.15, 0.2) is 17.6 Å². The van der Waals surface area contributed by atoms with E-state index < -0.39 is 65.6 Å². The van der Waals surface area contributed by atoms with E-state index in [4.69, 9.17) is 19.3 Å². The lowest BCUT2D eigenvalue weighted by Gasteiger charge is -2.23. The van der Waals surface area contributed by atoms with E-state index in [9.17, 15) is 9.90 Å². The number of hydrogen-bond acceptors (Lipinski definition) is 8. The molecule has 4 N–H and O–H groups in total. The van der Waals surface area contributed by atoms with Crippen LogP contribution in [0, 0.1) is 17.5 Å². The number of aliphatic hydroxyl groups excluding tert-OH is 2. The third-order valence-electron chi connectivity index (χ3n) is 7.22. The Morgan fingerprint density at radius 1 is 1.10 bits per heavy atom. The van der Waals surface area contributed by atoms with Crippen molar-refractivity contribution in [2.45, 2.75) is 49.7 Å². The molecule has 4 heterocycles. The van der Waals surface area contributed by atoms with Crippen molar-refractivity contribution in [2.24, 2.45) is 0 Å². The van der Waals surface area contributed by atoms with Crippen LogP contribution in [0.1, 0.15) is 24.8 Å². The van der Waals surface area contributed by atoms with Crippen LogP contribution in [0.5, 0.6) is 6.01 Å². The van der Waals surface area contributed by atoms with Crippen LogP contribution >= 0.6 is 0 Å². The maximum Gasteiger partial charge on any atom is 0.296 e. The Hall–Kier alpha value is -3.52. The number of H-pyrrole nitrogens is 1. The molecule has 10 nitrogen and oxygen atoms in total. The smallest absolute Gasteiger partial charge is 0.296 e. The fourth-order valence-corrected chi connectivity index (χ4v) is 5.30. The lowest BCUT2D eigenvalue weighted by molar-refractivity contribution is -0.124. The lowest BCUT2D eigenvalue weighted by atomic mass is 9.90.